The molecule has 0 fully saturated rings. The van der Waals surface area contributed by atoms with Gasteiger partial charge in [-0.15, -0.1) is 0 Å². The third kappa shape index (κ3) is 8.81. The number of amides is 1. The number of ether oxygens (including phenoxy) is 4. The molecule has 1 amide bonds. The summed E-state index contributed by atoms with van der Waals surface area (Å²) in [6.07, 6.45) is 4.62. The number of ketones is 1. The predicted octanol–water partition coefficient (Wildman–Crippen LogP) is 7.16. The molecule has 3 aromatic rings. The van der Waals surface area contributed by atoms with Crippen molar-refractivity contribution in [3.05, 3.63) is 82.1 Å². The van der Waals surface area contributed by atoms with Gasteiger partial charge in [-0.3, -0.25) is 19.4 Å². The molecule has 9 atom stereocenters. The maximum absolute atomic E-state index is 14.4. The molecule has 3 aromatic carbocycles. The van der Waals surface area contributed by atoms with Crippen molar-refractivity contribution in [2.24, 2.45) is 28.7 Å². The molecule has 6 rings (SSSR count). The standard InChI is InChI=1S/C44H51ClN2O12/c1-20-11-10-12-21(2)43(55)47-34-29(19-46-28-15-13-27(45)14-16-28)38(52)31-32(39(34)53)37(51)25(6)41-33(31)42(54)44(8,59-41)57-18-17-30(56-9)22(3)40(58-26(7)48)24(5)36(50)23(4)35(20)49/h10-20,22-24,30,35-36,40,49-53H,1-9H3,(H,47,55)/b11-10+,18-17+,21-12-,46-19?/t20-,22+,23+,24+,30-,35-,36+,40+,44-/m0/s1. The smallest absolute Gasteiger partial charge is 0.312 e. The van der Waals surface area contributed by atoms with Crippen LogP contribution in [-0.2, 0) is 23.8 Å². The molecule has 0 spiro atoms. The number of halogens is 1. The SMILES string of the molecule is CO[C@H]1/C=C/O[C@@]2(C)Oc3c(C)c(O)c4c(O)c(c(C=Nc5ccc(Cl)cc5)c(O)c4c3C2=O)NC(=O)/C(C)=C\C=C\[C@H](C)[C@H](O)[C@@H](C)[C@@H](O)[C@@H](C)[C@H](OC(C)=O)[C@@H]1C. The number of hydrogen-bond donors (Lipinski definition) is 6. The van der Waals surface area contributed by atoms with Crippen LogP contribution in [0.4, 0.5) is 11.4 Å². The Morgan fingerprint density at radius 3 is 2.22 bits per heavy atom. The fourth-order valence-electron chi connectivity index (χ4n) is 7.54. The van der Waals surface area contributed by atoms with Crippen molar-refractivity contribution >= 4 is 57.6 Å². The third-order valence-electron chi connectivity index (χ3n) is 11.2. The molecule has 0 saturated heterocycles. The van der Waals surface area contributed by atoms with Gasteiger partial charge in [0, 0.05) is 72.4 Å². The number of carbonyl (C=O) groups is 3. The van der Waals surface area contributed by atoms with E-state index in [1.807, 2.05) is 0 Å². The van der Waals surface area contributed by atoms with E-state index in [4.69, 9.17) is 30.5 Å². The van der Waals surface area contributed by atoms with Crippen molar-refractivity contribution in [3.63, 3.8) is 0 Å². The number of aromatic hydroxyl groups is 3. The van der Waals surface area contributed by atoms with E-state index >= 15 is 0 Å². The van der Waals surface area contributed by atoms with Crippen LogP contribution in [0.2, 0.25) is 5.02 Å². The molecule has 6 N–H and O–H groups in total. The molecule has 0 aromatic heterocycles. The molecular weight excluding hydrogens is 784 g/mol. The number of phenols is 3. The fraction of sp³-hybridized carbons (Fsp3) is 0.409. The summed E-state index contributed by atoms with van der Waals surface area (Å²) in [7, 11) is 1.43. The van der Waals surface area contributed by atoms with Gasteiger partial charge in [-0.2, -0.15) is 0 Å². The van der Waals surface area contributed by atoms with Crippen LogP contribution in [-0.4, -0.2) is 86.7 Å². The van der Waals surface area contributed by atoms with Crippen molar-refractivity contribution in [2.45, 2.75) is 85.6 Å². The second-order valence-corrected chi connectivity index (χ2v) is 15.8. The van der Waals surface area contributed by atoms with E-state index in [0.717, 1.165) is 0 Å². The highest BCUT2D eigenvalue weighted by Crippen LogP contribution is 2.55. The largest absolute Gasteiger partial charge is 0.507 e. The monoisotopic (exact) mass is 834 g/mol. The van der Waals surface area contributed by atoms with Crippen molar-refractivity contribution in [2.75, 3.05) is 12.4 Å². The molecule has 3 aliphatic heterocycles. The minimum atomic E-state index is -2.07. The number of phenolic OH excluding ortho intramolecular Hbond substituents is 3. The van der Waals surface area contributed by atoms with E-state index in [-0.39, 0.29) is 44.5 Å². The van der Waals surface area contributed by atoms with Gasteiger partial charge < -0.3 is 49.8 Å². The number of esters is 1. The molecule has 59 heavy (non-hydrogen) atoms. The first-order valence-electron chi connectivity index (χ1n) is 19.1. The summed E-state index contributed by atoms with van der Waals surface area (Å²) >= 11 is 6.05. The van der Waals surface area contributed by atoms with Gasteiger partial charge in [-0.1, -0.05) is 57.5 Å². The quantitative estimate of drug-likeness (QED) is 0.0669. The van der Waals surface area contributed by atoms with Crippen molar-refractivity contribution in [1.29, 1.82) is 0 Å². The maximum Gasteiger partial charge on any atom is 0.312 e. The Morgan fingerprint density at radius 1 is 0.932 bits per heavy atom. The molecule has 5 bridgehead atoms. The zero-order valence-electron chi connectivity index (χ0n) is 34.3. The van der Waals surface area contributed by atoms with E-state index in [0.29, 0.717) is 10.7 Å². The number of hydrogen-bond acceptors (Lipinski definition) is 13. The van der Waals surface area contributed by atoms with Gasteiger partial charge in [0.05, 0.1) is 52.5 Å². The Labute approximate surface area is 347 Å². The molecule has 316 valence electrons. The average Bonchev–Trinajstić information content (AvgIpc) is 3.46. The summed E-state index contributed by atoms with van der Waals surface area (Å²) in [6.45, 7) is 12.4. The number of fused-ring (bicyclic) bond motifs is 14. The minimum Gasteiger partial charge on any atom is -0.507 e. The lowest BCUT2D eigenvalue weighted by molar-refractivity contribution is -0.160. The number of methoxy groups -OCH3 is 1. The van der Waals surface area contributed by atoms with Gasteiger partial charge in [0.2, 0.25) is 0 Å². The molecule has 14 nitrogen and oxygen atoms in total. The van der Waals surface area contributed by atoms with Crippen LogP contribution >= 0.6 is 11.6 Å². The topological polar surface area (TPSA) is 214 Å². The van der Waals surface area contributed by atoms with E-state index < -0.39 is 88.8 Å². The minimum absolute atomic E-state index is 0.0316. The van der Waals surface area contributed by atoms with Crippen LogP contribution in [0.25, 0.3) is 10.8 Å². The lowest BCUT2D eigenvalue weighted by Crippen LogP contribution is -2.46. The first kappa shape index (κ1) is 44.7. The lowest BCUT2D eigenvalue weighted by atomic mass is 9.78. The lowest BCUT2D eigenvalue weighted by Gasteiger charge is -2.38. The van der Waals surface area contributed by atoms with Crippen LogP contribution in [0, 0.1) is 30.6 Å². The Bertz CT molecular complexity index is 2250. The van der Waals surface area contributed by atoms with Gasteiger partial charge in [-0.05, 0) is 44.2 Å². The van der Waals surface area contributed by atoms with E-state index in [1.165, 1.54) is 59.4 Å². The van der Waals surface area contributed by atoms with Gasteiger partial charge in [-0.25, -0.2) is 0 Å². The zero-order chi connectivity index (χ0) is 43.7. The second-order valence-electron chi connectivity index (χ2n) is 15.4. The first-order valence-corrected chi connectivity index (χ1v) is 19.5. The van der Waals surface area contributed by atoms with Gasteiger partial charge in [0.15, 0.2) is 5.75 Å². The van der Waals surface area contributed by atoms with Crippen molar-refractivity contribution in [1.82, 2.24) is 0 Å². The number of allylic oxidation sites excluding steroid dienone is 2. The average molecular weight is 835 g/mol. The highest BCUT2D eigenvalue weighted by atomic mass is 35.5. The Hall–Kier alpha value is -5.41. The van der Waals surface area contributed by atoms with Crippen molar-refractivity contribution < 1.29 is 58.9 Å². The summed E-state index contributed by atoms with van der Waals surface area (Å²) in [5.74, 6) is -8.65. The molecular formula is C44H51ClN2O12. The maximum atomic E-state index is 14.4. The number of aliphatic hydroxyl groups is 2. The Kier molecular flexibility index (Phi) is 13.5. The molecule has 15 heteroatoms. The third-order valence-corrected chi connectivity index (χ3v) is 11.5. The summed E-state index contributed by atoms with van der Waals surface area (Å²) in [6, 6.07) is 6.39. The van der Waals surface area contributed by atoms with Gasteiger partial charge in [0.1, 0.15) is 23.4 Å². The summed E-state index contributed by atoms with van der Waals surface area (Å²) in [5, 5.41) is 60.7. The number of rotatable bonds is 4. The van der Waals surface area contributed by atoms with Crippen LogP contribution in [0.1, 0.15) is 70.0 Å². The van der Waals surface area contributed by atoms with E-state index in [2.05, 4.69) is 10.3 Å². The number of nitrogens with zero attached hydrogens (tertiary/aromatic N) is 1. The van der Waals surface area contributed by atoms with Gasteiger partial charge >= 0.3 is 11.8 Å². The number of aliphatic hydroxyl groups excluding tert-OH is 2. The highest BCUT2D eigenvalue weighted by molar-refractivity contribution is 6.30. The number of anilines is 1. The number of aliphatic imine (C=N–C) groups is 1. The first-order chi connectivity index (χ1) is 27.7. The van der Waals surface area contributed by atoms with Gasteiger partial charge in [0.25, 0.3) is 11.7 Å². The predicted molar refractivity (Wildman–Crippen MR) is 223 cm³/mol. The summed E-state index contributed by atoms with van der Waals surface area (Å²) in [5.41, 5.74) is -0.173. The zero-order valence-corrected chi connectivity index (χ0v) is 35.1. The van der Waals surface area contributed by atoms with E-state index in [1.54, 1.807) is 64.1 Å². The normalized spacial score (nSPS) is 30.1. The Morgan fingerprint density at radius 2 is 1.59 bits per heavy atom. The molecule has 3 heterocycles. The number of benzene rings is 3. The van der Waals surface area contributed by atoms with Crippen molar-refractivity contribution in [3.8, 4) is 23.0 Å². The van der Waals surface area contributed by atoms with E-state index in [9.17, 15) is 39.9 Å². The number of carbonyl (C=O) groups excluding carboxylic acids is 3. The molecule has 0 unspecified atom stereocenters. The molecule has 0 saturated carbocycles. The molecule has 3 aliphatic rings. The van der Waals surface area contributed by atoms with Crippen LogP contribution < -0.4 is 10.1 Å². The molecule has 0 aliphatic carbocycles. The van der Waals surface area contributed by atoms with Crippen LogP contribution in [0.15, 0.2) is 65.4 Å². The molecule has 0 radical (unpaired) electrons. The van der Waals surface area contributed by atoms with Crippen LogP contribution in [0.5, 0.6) is 23.0 Å². The fourth-order valence-corrected chi connectivity index (χ4v) is 7.66. The number of Topliss-reactive ketones (excluding diaryl/α,β-unsaturated/α-hetero) is 1. The summed E-state index contributed by atoms with van der Waals surface area (Å²) < 4.78 is 23.5. The second kappa shape index (κ2) is 17.8. The Balaban J connectivity index is 1.73. The highest BCUT2D eigenvalue weighted by Gasteiger charge is 2.50. The summed E-state index contributed by atoms with van der Waals surface area (Å²) in [4.78, 5) is 44.9. The number of nitrogens with one attached hydrogen (secondary N) is 1. The van der Waals surface area contributed by atoms with Crippen LogP contribution in [0.3, 0.4) is 0 Å².